The second-order valence-electron chi connectivity index (χ2n) is 12.1. The third-order valence-corrected chi connectivity index (χ3v) is 7.29. The third kappa shape index (κ3) is 10.9. The number of ether oxygens (including phenoxy) is 1. The average molecular weight is 566 g/mol. The summed E-state index contributed by atoms with van der Waals surface area (Å²) in [5.41, 5.74) is 2.72. The van der Waals surface area contributed by atoms with Crippen molar-refractivity contribution in [3.63, 3.8) is 0 Å². The molecule has 41 heavy (non-hydrogen) atoms. The largest absolute Gasteiger partial charge is 0.444 e. The average Bonchev–Trinajstić information content (AvgIpc) is 2.91. The van der Waals surface area contributed by atoms with Crippen molar-refractivity contribution in [3.8, 4) is 0 Å². The molecular weight excluding hydrogens is 514 g/mol. The fraction of sp³-hybridized carbons (Fsp3) is 0.559. The van der Waals surface area contributed by atoms with Crippen LogP contribution in [0.15, 0.2) is 48.5 Å². The van der Waals surface area contributed by atoms with Crippen LogP contribution in [0.1, 0.15) is 103 Å². The van der Waals surface area contributed by atoms with E-state index in [1.165, 1.54) is 0 Å². The number of amides is 3. The first-order chi connectivity index (χ1) is 19.4. The molecule has 3 unspecified atom stereocenters. The predicted octanol–water partition coefficient (Wildman–Crippen LogP) is 7.72. The number of unbranched alkanes of at least 4 members (excludes halogenated alkanes) is 4. The van der Waals surface area contributed by atoms with Gasteiger partial charge >= 0.3 is 6.09 Å². The quantitative estimate of drug-likeness (QED) is 0.230. The molecule has 0 aromatic heterocycles. The van der Waals surface area contributed by atoms with Crippen molar-refractivity contribution in [1.29, 1.82) is 0 Å². The van der Waals surface area contributed by atoms with E-state index < -0.39 is 23.8 Å². The van der Waals surface area contributed by atoms with E-state index in [-0.39, 0.29) is 17.7 Å². The number of nitrogens with zero attached hydrogens (tertiary/aromatic N) is 1. The number of alkyl carbamates (subject to hydrolysis) is 1. The van der Waals surface area contributed by atoms with Gasteiger partial charge in [0.1, 0.15) is 17.7 Å². The van der Waals surface area contributed by atoms with Gasteiger partial charge < -0.3 is 20.3 Å². The SMILES string of the molecule is CCCCCCCN(C(=O)C(NC(=O)OC(C)(C)C)C(C)CC)C(C(=O)Nc1ccccc1C)c1ccc(C)cc1. The first-order valence-electron chi connectivity index (χ1n) is 15.1. The molecule has 7 heteroatoms. The van der Waals surface area contributed by atoms with E-state index in [0.29, 0.717) is 18.7 Å². The highest BCUT2D eigenvalue weighted by Crippen LogP contribution is 2.28. The van der Waals surface area contributed by atoms with Crippen LogP contribution < -0.4 is 10.6 Å². The Labute approximate surface area is 247 Å². The van der Waals surface area contributed by atoms with Gasteiger partial charge in [0.2, 0.25) is 5.91 Å². The molecule has 3 atom stereocenters. The van der Waals surface area contributed by atoms with Crippen molar-refractivity contribution in [3.05, 3.63) is 65.2 Å². The molecule has 0 radical (unpaired) electrons. The van der Waals surface area contributed by atoms with Crippen LogP contribution >= 0.6 is 0 Å². The molecule has 0 spiro atoms. The summed E-state index contributed by atoms with van der Waals surface area (Å²) >= 11 is 0. The molecule has 0 saturated carbocycles. The van der Waals surface area contributed by atoms with E-state index in [1.807, 2.05) is 76.2 Å². The minimum Gasteiger partial charge on any atom is -0.444 e. The van der Waals surface area contributed by atoms with Crippen molar-refractivity contribution >= 4 is 23.6 Å². The molecule has 226 valence electrons. The summed E-state index contributed by atoms with van der Waals surface area (Å²) in [6.45, 7) is 15.8. The van der Waals surface area contributed by atoms with Gasteiger partial charge in [-0.3, -0.25) is 9.59 Å². The Hall–Kier alpha value is -3.35. The fourth-order valence-corrected chi connectivity index (χ4v) is 4.68. The minimum atomic E-state index is -0.874. The summed E-state index contributed by atoms with van der Waals surface area (Å²) in [5.74, 6) is -0.743. The lowest BCUT2D eigenvalue weighted by Gasteiger charge is -2.36. The Balaban J connectivity index is 2.54. The normalized spacial score (nSPS) is 13.6. The lowest BCUT2D eigenvalue weighted by molar-refractivity contribution is -0.142. The number of hydrogen-bond acceptors (Lipinski definition) is 4. The van der Waals surface area contributed by atoms with Crippen molar-refractivity contribution in [1.82, 2.24) is 10.2 Å². The molecule has 0 aliphatic heterocycles. The first kappa shape index (κ1) is 33.9. The molecule has 0 saturated heterocycles. The van der Waals surface area contributed by atoms with Gasteiger partial charge in [-0.1, -0.05) is 101 Å². The first-order valence-corrected chi connectivity index (χ1v) is 15.1. The van der Waals surface area contributed by atoms with Crippen molar-refractivity contribution < 1.29 is 19.1 Å². The second-order valence-corrected chi connectivity index (χ2v) is 12.1. The smallest absolute Gasteiger partial charge is 0.408 e. The van der Waals surface area contributed by atoms with Crippen LogP contribution in [-0.4, -0.2) is 41.0 Å². The Morgan fingerprint density at radius 1 is 0.902 bits per heavy atom. The van der Waals surface area contributed by atoms with Crippen LogP contribution in [0.3, 0.4) is 0 Å². The topological polar surface area (TPSA) is 87.7 Å². The molecule has 2 N–H and O–H groups in total. The van der Waals surface area contributed by atoms with E-state index in [4.69, 9.17) is 4.74 Å². The maximum absolute atomic E-state index is 14.4. The summed E-state index contributed by atoms with van der Waals surface area (Å²) < 4.78 is 5.52. The second kappa shape index (κ2) is 16.2. The van der Waals surface area contributed by atoms with Crippen LogP contribution in [0.25, 0.3) is 0 Å². The van der Waals surface area contributed by atoms with Gasteiger partial charge in [-0.15, -0.1) is 0 Å². The lowest BCUT2D eigenvalue weighted by Crippen LogP contribution is -2.55. The third-order valence-electron chi connectivity index (χ3n) is 7.29. The Morgan fingerprint density at radius 3 is 2.12 bits per heavy atom. The molecule has 2 rings (SSSR count). The van der Waals surface area contributed by atoms with Gasteiger partial charge in [0.25, 0.3) is 5.91 Å². The van der Waals surface area contributed by atoms with Gasteiger partial charge in [-0.25, -0.2) is 4.79 Å². The van der Waals surface area contributed by atoms with Gasteiger partial charge in [0, 0.05) is 12.2 Å². The standard InChI is InChI=1S/C34H51N3O4/c1-9-11-12-13-16-23-37(32(39)29(25(4)10-2)36-33(40)41-34(6,7)8)30(27-21-19-24(3)20-22-27)31(38)35-28-18-15-14-17-26(28)5/h14-15,17-22,25,29-30H,9-13,16,23H2,1-8H3,(H,35,38)(H,36,40). The maximum atomic E-state index is 14.4. The molecular formula is C34H51N3O4. The molecule has 0 bridgehead atoms. The number of hydrogen-bond donors (Lipinski definition) is 2. The van der Waals surface area contributed by atoms with E-state index in [9.17, 15) is 14.4 Å². The molecule has 2 aromatic rings. The lowest BCUT2D eigenvalue weighted by atomic mass is 9.95. The molecule has 0 heterocycles. The molecule has 0 aliphatic rings. The summed E-state index contributed by atoms with van der Waals surface area (Å²) in [7, 11) is 0. The van der Waals surface area contributed by atoms with Gasteiger partial charge in [-0.05, 0) is 64.2 Å². The Bertz CT molecular complexity index is 1120. The number of rotatable bonds is 14. The number of benzene rings is 2. The Kier molecular flexibility index (Phi) is 13.4. The van der Waals surface area contributed by atoms with E-state index in [2.05, 4.69) is 17.6 Å². The monoisotopic (exact) mass is 565 g/mol. The zero-order chi connectivity index (χ0) is 30.6. The minimum absolute atomic E-state index is 0.171. The van der Waals surface area contributed by atoms with Crippen molar-refractivity contribution in [2.45, 2.75) is 112 Å². The zero-order valence-corrected chi connectivity index (χ0v) is 26.4. The van der Waals surface area contributed by atoms with Crippen LogP contribution in [-0.2, 0) is 14.3 Å². The molecule has 7 nitrogen and oxygen atoms in total. The highest BCUT2D eigenvalue weighted by atomic mass is 16.6. The number of carbonyl (C=O) groups excluding carboxylic acids is 3. The van der Waals surface area contributed by atoms with Crippen molar-refractivity contribution in [2.24, 2.45) is 5.92 Å². The van der Waals surface area contributed by atoms with Crippen LogP contribution in [0.5, 0.6) is 0 Å². The van der Waals surface area contributed by atoms with E-state index >= 15 is 0 Å². The Morgan fingerprint density at radius 2 is 1.54 bits per heavy atom. The number of aryl methyl sites for hydroxylation is 2. The fourth-order valence-electron chi connectivity index (χ4n) is 4.68. The molecule has 3 amide bonds. The van der Waals surface area contributed by atoms with Gasteiger partial charge in [0.05, 0.1) is 0 Å². The number of anilines is 1. The van der Waals surface area contributed by atoms with E-state index in [0.717, 1.165) is 48.8 Å². The molecule has 2 aromatic carbocycles. The van der Waals surface area contributed by atoms with Crippen molar-refractivity contribution in [2.75, 3.05) is 11.9 Å². The summed E-state index contributed by atoms with van der Waals surface area (Å²) in [6.07, 6.45) is 5.03. The van der Waals surface area contributed by atoms with Crippen LogP contribution in [0.2, 0.25) is 0 Å². The number of para-hydroxylation sites is 1. The highest BCUT2D eigenvalue weighted by molar-refractivity contribution is 5.99. The zero-order valence-electron chi connectivity index (χ0n) is 26.4. The van der Waals surface area contributed by atoms with E-state index in [1.54, 1.807) is 25.7 Å². The van der Waals surface area contributed by atoms with Crippen LogP contribution in [0.4, 0.5) is 10.5 Å². The molecule has 0 aliphatic carbocycles. The summed E-state index contributed by atoms with van der Waals surface area (Å²) in [5, 5.41) is 5.92. The maximum Gasteiger partial charge on any atom is 0.408 e. The summed E-state index contributed by atoms with van der Waals surface area (Å²) in [6, 6.07) is 13.6. The number of nitrogens with one attached hydrogen (secondary N) is 2. The number of carbonyl (C=O) groups is 3. The van der Waals surface area contributed by atoms with Gasteiger partial charge in [-0.2, -0.15) is 0 Å². The van der Waals surface area contributed by atoms with Crippen LogP contribution in [0, 0.1) is 19.8 Å². The molecule has 0 fully saturated rings. The summed E-state index contributed by atoms with van der Waals surface area (Å²) in [4.78, 5) is 43.1. The predicted molar refractivity (Wildman–Crippen MR) is 167 cm³/mol. The van der Waals surface area contributed by atoms with Gasteiger partial charge in [0.15, 0.2) is 0 Å². The highest BCUT2D eigenvalue weighted by Gasteiger charge is 2.38.